The summed E-state index contributed by atoms with van der Waals surface area (Å²) in [6, 6.07) is 14.3. The third-order valence-electron chi connectivity index (χ3n) is 6.41. The highest BCUT2D eigenvalue weighted by atomic mass is 16.5. The first-order valence-electron chi connectivity index (χ1n) is 10.3. The predicted molar refractivity (Wildman–Crippen MR) is 112 cm³/mol. The van der Waals surface area contributed by atoms with Gasteiger partial charge in [-0.05, 0) is 55.0 Å². The Morgan fingerprint density at radius 3 is 2.72 bits per heavy atom. The van der Waals surface area contributed by atoms with Gasteiger partial charge in [0, 0.05) is 37.3 Å². The van der Waals surface area contributed by atoms with Crippen LogP contribution in [0.15, 0.2) is 47.3 Å². The summed E-state index contributed by atoms with van der Waals surface area (Å²) in [6.45, 7) is 2.30. The predicted octanol–water partition coefficient (Wildman–Crippen LogP) is 3.27. The van der Waals surface area contributed by atoms with E-state index in [-0.39, 0.29) is 17.0 Å². The molecule has 2 aliphatic heterocycles. The fourth-order valence-electron chi connectivity index (χ4n) is 4.86. The Morgan fingerprint density at radius 2 is 1.86 bits per heavy atom. The molecule has 2 aliphatic rings. The van der Waals surface area contributed by atoms with E-state index in [0.717, 1.165) is 67.7 Å². The van der Waals surface area contributed by atoms with Crippen LogP contribution in [0, 0.1) is 0 Å². The highest BCUT2D eigenvalue weighted by molar-refractivity contribution is 5.96. The lowest BCUT2D eigenvalue weighted by Gasteiger charge is -2.34. The van der Waals surface area contributed by atoms with Crippen LogP contribution in [0.2, 0.25) is 0 Å². The summed E-state index contributed by atoms with van der Waals surface area (Å²) in [5.74, 6) is 0.192. The molecule has 2 aromatic carbocycles. The first-order valence-corrected chi connectivity index (χ1v) is 10.3. The Morgan fingerprint density at radius 1 is 1.07 bits per heavy atom. The van der Waals surface area contributed by atoms with E-state index in [0.29, 0.717) is 6.42 Å². The summed E-state index contributed by atoms with van der Waals surface area (Å²) in [7, 11) is 0. The molecule has 1 saturated heterocycles. The molecule has 1 amide bonds. The maximum absolute atomic E-state index is 13.1. The number of amides is 1. The topological polar surface area (TPSA) is 78.2 Å². The van der Waals surface area contributed by atoms with Gasteiger partial charge in [-0.15, -0.1) is 0 Å². The zero-order valence-electron chi connectivity index (χ0n) is 16.4. The van der Waals surface area contributed by atoms with Crippen LogP contribution in [-0.4, -0.2) is 35.6 Å². The summed E-state index contributed by atoms with van der Waals surface area (Å²) in [6.07, 6.45) is 4.06. The molecular weight excluding hydrogens is 366 g/mol. The summed E-state index contributed by atoms with van der Waals surface area (Å²) < 4.78 is 5.59. The van der Waals surface area contributed by atoms with Gasteiger partial charge in [0.2, 0.25) is 5.91 Å². The van der Waals surface area contributed by atoms with E-state index < -0.39 is 0 Å². The molecule has 6 heteroatoms. The fraction of sp³-hybridized carbons (Fsp3) is 0.391. The lowest BCUT2D eigenvalue weighted by atomic mass is 9.76. The maximum atomic E-state index is 13.1. The molecule has 150 valence electrons. The Balaban J connectivity index is 1.27. The van der Waals surface area contributed by atoms with Crippen LogP contribution in [0.25, 0.3) is 11.0 Å². The molecule has 5 rings (SSSR count). The van der Waals surface area contributed by atoms with Gasteiger partial charge in [-0.2, -0.15) is 0 Å². The van der Waals surface area contributed by atoms with Gasteiger partial charge in [-0.3, -0.25) is 4.79 Å². The number of H-pyrrole nitrogens is 2. The molecule has 0 unspecified atom stereocenters. The number of hydrogen-bond donors (Lipinski definition) is 2. The number of fused-ring (bicyclic) bond motifs is 3. The minimum absolute atomic E-state index is 0.0513. The second-order valence-electron chi connectivity index (χ2n) is 8.20. The van der Waals surface area contributed by atoms with Gasteiger partial charge in [0.05, 0.1) is 11.0 Å². The zero-order valence-corrected chi connectivity index (χ0v) is 16.4. The van der Waals surface area contributed by atoms with Gasteiger partial charge in [0.1, 0.15) is 0 Å². The standard InChI is InChI=1S/C23H25N3O3/c27-21(7-3-4-16-8-9-18-19(14-16)25-22(28)24-18)26-15-23(10-12-29-13-11-23)17-5-1-2-6-20(17)26/h1-2,5-6,8-9,14H,3-4,7,10-13,15H2,(H2,24,25,28). The van der Waals surface area contributed by atoms with Crippen LogP contribution in [0.4, 0.5) is 5.69 Å². The van der Waals surface area contributed by atoms with E-state index in [1.807, 2.05) is 29.2 Å². The molecule has 0 saturated carbocycles. The van der Waals surface area contributed by atoms with Gasteiger partial charge < -0.3 is 19.6 Å². The van der Waals surface area contributed by atoms with Crippen molar-refractivity contribution in [1.82, 2.24) is 9.97 Å². The third-order valence-corrected chi connectivity index (χ3v) is 6.41. The number of ether oxygens (including phenoxy) is 1. The molecule has 3 aromatic rings. The normalized spacial score (nSPS) is 17.7. The van der Waals surface area contributed by atoms with E-state index in [4.69, 9.17) is 4.74 Å². The molecule has 2 N–H and O–H groups in total. The number of hydrogen-bond acceptors (Lipinski definition) is 3. The largest absolute Gasteiger partial charge is 0.381 e. The van der Waals surface area contributed by atoms with Gasteiger partial charge in [-0.1, -0.05) is 24.3 Å². The molecule has 0 bridgehead atoms. The SMILES string of the molecule is O=C(CCCc1ccc2[nH]c(=O)[nH]c2c1)N1CC2(CCOCC2)c2ccccc21. The molecule has 29 heavy (non-hydrogen) atoms. The first-order chi connectivity index (χ1) is 14.1. The van der Waals surface area contributed by atoms with Gasteiger partial charge in [0.25, 0.3) is 0 Å². The van der Waals surface area contributed by atoms with Gasteiger partial charge >= 0.3 is 5.69 Å². The van der Waals surface area contributed by atoms with Crippen molar-refractivity contribution in [2.45, 2.75) is 37.5 Å². The summed E-state index contributed by atoms with van der Waals surface area (Å²) in [4.78, 5) is 32.0. The monoisotopic (exact) mass is 391 g/mol. The number of carbonyl (C=O) groups excluding carboxylic acids is 1. The van der Waals surface area contributed by atoms with E-state index in [1.165, 1.54) is 5.56 Å². The van der Waals surface area contributed by atoms with Crippen molar-refractivity contribution in [1.29, 1.82) is 0 Å². The minimum atomic E-state index is -0.193. The number of anilines is 1. The fourth-order valence-corrected chi connectivity index (χ4v) is 4.86. The van der Waals surface area contributed by atoms with Crippen LogP contribution in [0.3, 0.4) is 0 Å². The van der Waals surface area contributed by atoms with Crippen LogP contribution >= 0.6 is 0 Å². The van der Waals surface area contributed by atoms with Crippen molar-refractivity contribution in [3.63, 3.8) is 0 Å². The van der Waals surface area contributed by atoms with Crippen LogP contribution in [0.1, 0.15) is 36.8 Å². The quantitative estimate of drug-likeness (QED) is 0.716. The molecule has 1 spiro atoms. The van der Waals surface area contributed by atoms with Crippen LogP contribution in [-0.2, 0) is 21.4 Å². The zero-order chi connectivity index (χ0) is 19.8. The smallest absolute Gasteiger partial charge is 0.323 e. The molecule has 1 aromatic heterocycles. The second-order valence-corrected chi connectivity index (χ2v) is 8.20. The highest BCUT2D eigenvalue weighted by Crippen LogP contribution is 2.46. The summed E-state index contributed by atoms with van der Waals surface area (Å²) >= 11 is 0. The molecule has 0 aliphatic carbocycles. The molecular formula is C23H25N3O3. The number of nitrogens with one attached hydrogen (secondary N) is 2. The Labute approximate surface area is 168 Å². The number of carbonyl (C=O) groups is 1. The molecule has 1 fully saturated rings. The lowest BCUT2D eigenvalue weighted by Crippen LogP contribution is -2.40. The van der Waals surface area contributed by atoms with Crippen molar-refractivity contribution >= 4 is 22.6 Å². The molecule has 0 radical (unpaired) electrons. The summed E-state index contributed by atoms with van der Waals surface area (Å²) in [5.41, 5.74) is 4.99. The van der Waals surface area contributed by atoms with E-state index >= 15 is 0 Å². The number of para-hydroxylation sites is 1. The average molecular weight is 391 g/mol. The van der Waals surface area contributed by atoms with E-state index in [1.54, 1.807) is 0 Å². The van der Waals surface area contributed by atoms with E-state index in [2.05, 4.69) is 28.2 Å². The van der Waals surface area contributed by atoms with E-state index in [9.17, 15) is 9.59 Å². The molecule has 0 atom stereocenters. The molecule has 6 nitrogen and oxygen atoms in total. The maximum Gasteiger partial charge on any atom is 0.323 e. The summed E-state index contributed by atoms with van der Waals surface area (Å²) in [5, 5.41) is 0. The van der Waals surface area contributed by atoms with Crippen molar-refractivity contribution in [2.24, 2.45) is 0 Å². The Bertz CT molecular complexity index is 1110. The lowest BCUT2D eigenvalue weighted by molar-refractivity contribution is -0.118. The Kier molecular flexibility index (Phi) is 4.51. The van der Waals surface area contributed by atoms with Crippen molar-refractivity contribution in [3.05, 3.63) is 64.1 Å². The van der Waals surface area contributed by atoms with Gasteiger partial charge in [0.15, 0.2) is 0 Å². The van der Waals surface area contributed by atoms with Crippen LogP contribution < -0.4 is 10.6 Å². The number of aromatic amines is 2. The number of rotatable bonds is 4. The second kappa shape index (κ2) is 7.19. The minimum Gasteiger partial charge on any atom is -0.381 e. The number of aromatic nitrogens is 2. The number of aryl methyl sites for hydroxylation is 1. The third kappa shape index (κ3) is 3.27. The van der Waals surface area contributed by atoms with Crippen molar-refractivity contribution in [3.8, 4) is 0 Å². The van der Waals surface area contributed by atoms with Gasteiger partial charge in [-0.25, -0.2) is 4.79 Å². The number of imidazole rings is 1. The number of nitrogens with zero attached hydrogens (tertiary/aromatic N) is 1. The average Bonchev–Trinajstić information content (AvgIpc) is 3.26. The highest BCUT2D eigenvalue weighted by Gasteiger charge is 2.45. The van der Waals surface area contributed by atoms with Crippen molar-refractivity contribution in [2.75, 3.05) is 24.7 Å². The number of benzene rings is 2. The first kappa shape index (κ1) is 18.2. The van der Waals surface area contributed by atoms with Crippen molar-refractivity contribution < 1.29 is 9.53 Å². The molecule has 3 heterocycles. The van der Waals surface area contributed by atoms with Crippen LogP contribution in [0.5, 0.6) is 0 Å². The Hall–Kier alpha value is -2.86.